The van der Waals surface area contributed by atoms with Gasteiger partial charge in [-0.2, -0.15) is 0 Å². The van der Waals surface area contributed by atoms with Crippen molar-refractivity contribution in [1.82, 2.24) is 9.80 Å². The molecule has 1 fully saturated rings. The fourth-order valence-electron chi connectivity index (χ4n) is 3.17. The Labute approximate surface area is 160 Å². The zero-order valence-corrected chi connectivity index (χ0v) is 16.0. The lowest BCUT2D eigenvalue weighted by Gasteiger charge is -2.34. The van der Waals surface area contributed by atoms with Gasteiger partial charge in [0.15, 0.2) is 0 Å². The molecule has 0 aromatic heterocycles. The smallest absolute Gasteiger partial charge is 0.224 e. The zero-order chi connectivity index (χ0) is 18.4. The summed E-state index contributed by atoms with van der Waals surface area (Å²) in [5.74, 6) is 0.218. The number of halogens is 1. The van der Waals surface area contributed by atoms with Crippen LogP contribution in [0.2, 0.25) is 5.02 Å². The molecule has 1 amide bonds. The highest BCUT2D eigenvalue weighted by Gasteiger charge is 2.20. The Bertz CT molecular complexity index is 727. The van der Waals surface area contributed by atoms with Crippen LogP contribution in [0.5, 0.6) is 0 Å². The lowest BCUT2D eigenvalue weighted by Crippen LogP contribution is -2.48. The molecule has 0 saturated carbocycles. The summed E-state index contributed by atoms with van der Waals surface area (Å²) in [6.07, 6.45) is 0.504. The first-order valence-electron chi connectivity index (χ1n) is 9.16. The number of carbonyl (C=O) groups excluding carboxylic acids is 1. The van der Waals surface area contributed by atoms with Crippen molar-refractivity contribution in [2.24, 2.45) is 0 Å². The van der Waals surface area contributed by atoms with Gasteiger partial charge in [-0.05, 0) is 30.2 Å². The average molecular weight is 372 g/mol. The number of rotatable bonds is 6. The van der Waals surface area contributed by atoms with E-state index in [1.54, 1.807) is 0 Å². The van der Waals surface area contributed by atoms with Crippen LogP contribution in [0.1, 0.15) is 17.5 Å². The van der Waals surface area contributed by atoms with Crippen molar-refractivity contribution in [1.29, 1.82) is 0 Å². The van der Waals surface area contributed by atoms with Gasteiger partial charge in [-0.25, -0.2) is 0 Å². The summed E-state index contributed by atoms with van der Waals surface area (Å²) in [5, 5.41) is 4.03. The van der Waals surface area contributed by atoms with Gasteiger partial charge in [0.25, 0.3) is 0 Å². The van der Waals surface area contributed by atoms with Crippen LogP contribution in [0.3, 0.4) is 0 Å². The number of amides is 1. The molecule has 138 valence electrons. The van der Waals surface area contributed by atoms with E-state index in [2.05, 4.69) is 34.5 Å². The number of anilines is 1. The molecule has 0 spiro atoms. The Morgan fingerprint density at radius 1 is 1.08 bits per heavy atom. The molecule has 1 N–H and O–H groups in total. The van der Waals surface area contributed by atoms with E-state index in [1.807, 2.05) is 36.1 Å². The molecule has 0 bridgehead atoms. The van der Waals surface area contributed by atoms with E-state index in [4.69, 9.17) is 11.6 Å². The van der Waals surface area contributed by atoms with Gasteiger partial charge in [-0.3, -0.25) is 9.69 Å². The van der Waals surface area contributed by atoms with Crippen LogP contribution in [0.4, 0.5) is 5.69 Å². The minimum Gasteiger partial charge on any atom is -0.384 e. The normalized spacial score (nSPS) is 15.1. The highest BCUT2D eigenvalue weighted by atomic mass is 35.5. The molecule has 0 aliphatic carbocycles. The van der Waals surface area contributed by atoms with Gasteiger partial charge in [0.1, 0.15) is 0 Å². The zero-order valence-electron chi connectivity index (χ0n) is 15.2. The molecular formula is C21H26ClN3O. The molecule has 0 unspecified atom stereocenters. The third-order valence-electron chi connectivity index (χ3n) is 4.81. The monoisotopic (exact) mass is 371 g/mol. The van der Waals surface area contributed by atoms with Crippen molar-refractivity contribution in [2.45, 2.75) is 19.9 Å². The van der Waals surface area contributed by atoms with E-state index in [9.17, 15) is 4.79 Å². The molecule has 2 aromatic carbocycles. The van der Waals surface area contributed by atoms with Crippen molar-refractivity contribution >= 4 is 23.2 Å². The lowest BCUT2D eigenvalue weighted by atomic mass is 10.2. The maximum absolute atomic E-state index is 12.4. The van der Waals surface area contributed by atoms with Crippen molar-refractivity contribution in [3.8, 4) is 0 Å². The predicted molar refractivity (Wildman–Crippen MR) is 108 cm³/mol. The summed E-state index contributed by atoms with van der Waals surface area (Å²) < 4.78 is 0. The summed E-state index contributed by atoms with van der Waals surface area (Å²) >= 11 is 6.13. The van der Waals surface area contributed by atoms with E-state index in [0.717, 1.165) is 49.0 Å². The molecule has 26 heavy (non-hydrogen) atoms. The van der Waals surface area contributed by atoms with Crippen LogP contribution in [-0.2, 0) is 11.3 Å². The summed E-state index contributed by atoms with van der Waals surface area (Å²) in [4.78, 5) is 16.8. The molecule has 3 rings (SSSR count). The number of hydrogen-bond donors (Lipinski definition) is 1. The number of carbonyl (C=O) groups is 1. The van der Waals surface area contributed by atoms with Crippen LogP contribution in [-0.4, -0.2) is 48.4 Å². The molecular weight excluding hydrogens is 346 g/mol. The third-order valence-corrected chi connectivity index (χ3v) is 5.22. The molecule has 1 aliphatic heterocycles. The summed E-state index contributed by atoms with van der Waals surface area (Å²) in [6.45, 7) is 7.04. The molecule has 4 nitrogen and oxygen atoms in total. The van der Waals surface area contributed by atoms with Gasteiger partial charge in [-0.15, -0.1) is 0 Å². The molecule has 5 heteroatoms. The Morgan fingerprint density at radius 3 is 2.50 bits per heavy atom. The molecule has 2 aromatic rings. The topological polar surface area (TPSA) is 35.6 Å². The summed E-state index contributed by atoms with van der Waals surface area (Å²) in [7, 11) is 0. The van der Waals surface area contributed by atoms with Gasteiger partial charge in [0.05, 0.1) is 0 Å². The minimum atomic E-state index is 0.218. The second-order valence-corrected chi connectivity index (χ2v) is 7.19. The highest BCUT2D eigenvalue weighted by molar-refractivity contribution is 6.31. The van der Waals surface area contributed by atoms with Crippen molar-refractivity contribution < 1.29 is 4.79 Å². The average Bonchev–Trinajstić information content (AvgIpc) is 2.66. The van der Waals surface area contributed by atoms with Gasteiger partial charge in [0, 0.05) is 56.4 Å². The summed E-state index contributed by atoms with van der Waals surface area (Å²) in [5.41, 5.74) is 3.34. The van der Waals surface area contributed by atoms with Gasteiger partial charge in [0.2, 0.25) is 5.91 Å². The first-order chi connectivity index (χ1) is 12.6. The second-order valence-electron chi connectivity index (χ2n) is 6.78. The van der Waals surface area contributed by atoms with Crippen LogP contribution >= 0.6 is 11.6 Å². The minimum absolute atomic E-state index is 0.218. The van der Waals surface area contributed by atoms with Crippen LogP contribution < -0.4 is 5.32 Å². The predicted octanol–water partition coefficient (Wildman–Crippen LogP) is 3.79. The van der Waals surface area contributed by atoms with E-state index in [-0.39, 0.29) is 5.91 Å². The van der Waals surface area contributed by atoms with Crippen molar-refractivity contribution in [3.63, 3.8) is 0 Å². The summed E-state index contributed by atoms with van der Waals surface area (Å²) in [6, 6.07) is 16.4. The largest absolute Gasteiger partial charge is 0.384 e. The lowest BCUT2D eigenvalue weighted by molar-refractivity contribution is -0.132. The number of benzene rings is 2. The molecule has 1 saturated heterocycles. The maximum atomic E-state index is 12.4. The number of piperazine rings is 1. The molecule has 1 aliphatic rings. The Hall–Kier alpha value is -2.04. The van der Waals surface area contributed by atoms with E-state index >= 15 is 0 Å². The van der Waals surface area contributed by atoms with Gasteiger partial charge >= 0.3 is 0 Å². The first-order valence-corrected chi connectivity index (χ1v) is 9.54. The highest BCUT2D eigenvalue weighted by Crippen LogP contribution is 2.20. The molecule has 0 atom stereocenters. The Morgan fingerprint density at radius 2 is 1.81 bits per heavy atom. The number of nitrogens with zero attached hydrogens (tertiary/aromatic N) is 2. The fraction of sp³-hybridized carbons (Fsp3) is 0.381. The second kappa shape index (κ2) is 9.06. The molecule has 0 radical (unpaired) electrons. The number of hydrogen-bond acceptors (Lipinski definition) is 3. The standard InChI is InChI=1S/C21H26ClN3O/c1-17-7-8-19(15-20(17)22)23-10-9-21(26)25-13-11-24(12-14-25)16-18-5-3-2-4-6-18/h2-8,15,23H,9-14,16H2,1H3. The van der Waals surface area contributed by atoms with Gasteiger partial charge < -0.3 is 10.2 Å². The molecule has 1 heterocycles. The van der Waals surface area contributed by atoms with Crippen LogP contribution in [0.25, 0.3) is 0 Å². The quantitative estimate of drug-likeness (QED) is 0.839. The first kappa shape index (κ1) is 18.7. The van der Waals surface area contributed by atoms with Crippen molar-refractivity contribution in [2.75, 3.05) is 38.0 Å². The fourth-order valence-corrected chi connectivity index (χ4v) is 3.35. The van der Waals surface area contributed by atoms with Crippen LogP contribution in [0, 0.1) is 6.92 Å². The number of nitrogens with one attached hydrogen (secondary N) is 1. The Balaban J connectivity index is 1.38. The van der Waals surface area contributed by atoms with E-state index < -0.39 is 0 Å². The number of aryl methyl sites for hydroxylation is 1. The maximum Gasteiger partial charge on any atom is 0.224 e. The van der Waals surface area contributed by atoms with Gasteiger partial charge in [-0.1, -0.05) is 48.0 Å². The van der Waals surface area contributed by atoms with E-state index in [1.165, 1.54) is 5.56 Å². The van der Waals surface area contributed by atoms with Crippen molar-refractivity contribution in [3.05, 3.63) is 64.7 Å². The third kappa shape index (κ3) is 5.23. The van der Waals surface area contributed by atoms with Crippen LogP contribution in [0.15, 0.2) is 48.5 Å². The Kier molecular flexibility index (Phi) is 6.53. The van der Waals surface area contributed by atoms with E-state index in [0.29, 0.717) is 13.0 Å². The SMILES string of the molecule is Cc1ccc(NCCC(=O)N2CCN(Cc3ccccc3)CC2)cc1Cl.